The van der Waals surface area contributed by atoms with E-state index in [1.54, 1.807) is 0 Å². The van der Waals surface area contributed by atoms with Crippen molar-refractivity contribution in [1.82, 2.24) is 5.32 Å². The van der Waals surface area contributed by atoms with Crippen LogP contribution in [0.2, 0.25) is 0 Å². The minimum absolute atomic E-state index is 0.00778. The van der Waals surface area contributed by atoms with Gasteiger partial charge >= 0.3 is 0 Å². The molecule has 4 nitrogen and oxygen atoms in total. The van der Waals surface area contributed by atoms with Crippen LogP contribution < -0.4 is 11.1 Å². The molecule has 0 rings (SSSR count). The molecule has 9 heavy (non-hydrogen) atoms. The average Bonchev–Trinajstić information content (AvgIpc) is 1.63. The first-order valence-corrected chi connectivity index (χ1v) is 2.76. The van der Waals surface area contributed by atoms with Gasteiger partial charge in [-0.15, -0.1) is 0 Å². The maximum atomic E-state index is 10.5. The van der Waals surface area contributed by atoms with E-state index in [0.29, 0.717) is 6.54 Å². The van der Waals surface area contributed by atoms with Crippen LogP contribution in [0.1, 0.15) is 13.3 Å². The molecule has 0 saturated heterocycles. The lowest BCUT2D eigenvalue weighted by Gasteiger charge is -1.97. The zero-order valence-corrected chi connectivity index (χ0v) is 5.40. The van der Waals surface area contributed by atoms with E-state index in [0.717, 1.165) is 0 Å². The Morgan fingerprint density at radius 2 is 2.33 bits per heavy atom. The van der Waals surface area contributed by atoms with E-state index in [1.807, 2.05) is 6.92 Å². The predicted molar refractivity (Wildman–Crippen MR) is 35.2 cm³/mol. The van der Waals surface area contributed by atoms with E-state index in [1.165, 1.54) is 0 Å². The van der Waals surface area contributed by atoms with Crippen LogP contribution in [0, 0.1) is 5.41 Å². The molecular formula is C5H11N3O. The van der Waals surface area contributed by atoms with Gasteiger partial charge in [0, 0.05) is 6.54 Å². The van der Waals surface area contributed by atoms with E-state index < -0.39 is 0 Å². The molecule has 0 aliphatic carbocycles. The summed E-state index contributed by atoms with van der Waals surface area (Å²) in [5, 5.41) is 9.24. The number of amides is 1. The summed E-state index contributed by atoms with van der Waals surface area (Å²) >= 11 is 0. The molecule has 0 aromatic rings. The smallest absolute Gasteiger partial charge is 0.227 e. The Morgan fingerprint density at radius 3 is 2.67 bits per heavy atom. The molecule has 52 valence electrons. The number of amidine groups is 1. The van der Waals surface area contributed by atoms with Gasteiger partial charge in [-0.3, -0.25) is 10.2 Å². The van der Waals surface area contributed by atoms with Crippen LogP contribution in [0.15, 0.2) is 0 Å². The highest BCUT2D eigenvalue weighted by molar-refractivity contribution is 5.97. The second kappa shape index (κ2) is 3.88. The molecule has 0 saturated carbocycles. The highest BCUT2D eigenvalue weighted by Gasteiger charge is 1.98. The summed E-state index contributed by atoms with van der Waals surface area (Å²) in [5.74, 6) is -0.286. The standard InChI is InChI=1S/C5H11N3O/c1-2-8-5(9)3-4(6)7/h2-3H2,1H3,(H3,6,7)(H,8,9). The number of carbonyl (C=O) groups excluding carboxylic acids is 1. The molecule has 0 aliphatic heterocycles. The fourth-order valence-corrected chi connectivity index (χ4v) is 0.433. The van der Waals surface area contributed by atoms with Crippen LogP contribution in [-0.2, 0) is 4.79 Å². The summed E-state index contributed by atoms with van der Waals surface area (Å²) < 4.78 is 0. The van der Waals surface area contributed by atoms with E-state index in [4.69, 9.17) is 11.1 Å². The number of rotatable bonds is 3. The quantitative estimate of drug-likeness (QED) is 0.353. The summed E-state index contributed by atoms with van der Waals surface area (Å²) in [7, 11) is 0. The van der Waals surface area contributed by atoms with E-state index in [-0.39, 0.29) is 18.2 Å². The van der Waals surface area contributed by atoms with Crippen LogP contribution in [0.3, 0.4) is 0 Å². The first kappa shape index (κ1) is 7.94. The monoisotopic (exact) mass is 129 g/mol. The van der Waals surface area contributed by atoms with Gasteiger partial charge in [0.2, 0.25) is 5.91 Å². The number of hydrogen-bond acceptors (Lipinski definition) is 2. The second-order valence-corrected chi connectivity index (χ2v) is 1.66. The van der Waals surface area contributed by atoms with Crippen molar-refractivity contribution in [3.63, 3.8) is 0 Å². The minimum atomic E-state index is -0.190. The Kier molecular flexibility index (Phi) is 3.43. The van der Waals surface area contributed by atoms with Crippen LogP contribution in [0.4, 0.5) is 0 Å². The molecule has 4 heteroatoms. The largest absolute Gasteiger partial charge is 0.387 e. The first-order valence-electron chi connectivity index (χ1n) is 2.76. The Labute approximate surface area is 53.9 Å². The molecule has 0 radical (unpaired) electrons. The number of nitrogens with one attached hydrogen (secondary N) is 2. The summed E-state index contributed by atoms with van der Waals surface area (Å²) in [6, 6.07) is 0. The topological polar surface area (TPSA) is 79.0 Å². The highest BCUT2D eigenvalue weighted by Crippen LogP contribution is 1.75. The number of hydrogen-bond donors (Lipinski definition) is 3. The summed E-state index contributed by atoms with van der Waals surface area (Å²) in [4.78, 5) is 10.5. The van der Waals surface area contributed by atoms with Gasteiger partial charge in [-0.1, -0.05) is 0 Å². The molecule has 0 atom stereocenters. The lowest BCUT2D eigenvalue weighted by Crippen LogP contribution is -2.27. The zero-order valence-electron chi connectivity index (χ0n) is 5.40. The maximum Gasteiger partial charge on any atom is 0.227 e. The van der Waals surface area contributed by atoms with Gasteiger partial charge in [0.1, 0.15) is 0 Å². The lowest BCUT2D eigenvalue weighted by atomic mass is 10.4. The normalized spacial score (nSPS) is 8.56. The van der Waals surface area contributed by atoms with Crippen LogP contribution in [-0.4, -0.2) is 18.3 Å². The third-order valence-electron chi connectivity index (χ3n) is 0.725. The van der Waals surface area contributed by atoms with Crippen molar-refractivity contribution in [1.29, 1.82) is 5.41 Å². The first-order chi connectivity index (χ1) is 4.16. The molecule has 0 fully saturated rings. The molecule has 4 N–H and O–H groups in total. The van der Waals surface area contributed by atoms with Crippen LogP contribution in [0.25, 0.3) is 0 Å². The van der Waals surface area contributed by atoms with E-state index in [9.17, 15) is 4.79 Å². The molecule has 0 aromatic carbocycles. The Bertz CT molecular complexity index is 121. The third kappa shape index (κ3) is 4.80. The van der Waals surface area contributed by atoms with Crippen molar-refractivity contribution >= 4 is 11.7 Å². The van der Waals surface area contributed by atoms with Crippen molar-refractivity contribution in [2.24, 2.45) is 5.73 Å². The summed E-state index contributed by atoms with van der Waals surface area (Å²) in [6.45, 7) is 2.41. The molecular weight excluding hydrogens is 118 g/mol. The van der Waals surface area contributed by atoms with Crippen molar-refractivity contribution in [2.75, 3.05) is 6.54 Å². The number of nitrogens with two attached hydrogens (primary N) is 1. The zero-order chi connectivity index (χ0) is 7.28. The number of carbonyl (C=O) groups is 1. The van der Waals surface area contributed by atoms with E-state index in [2.05, 4.69) is 5.32 Å². The maximum absolute atomic E-state index is 10.5. The summed E-state index contributed by atoms with van der Waals surface area (Å²) in [6.07, 6.45) is 0.00778. The summed E-state index contributed by atoms with van der Waals surface area (Å²) in [5.41, 5.74) is 4.95. The van der Waals surface area contributed by atoms with Gasteiger partial charge < -0.3 is 11.1 Å². The SMILES string of the molecule is CCNC(=O)CC(=N)N. The molecule has 0 spiro atoms. The van der Waals surface area contributed by atoms with Crippen molar-refractivity contribution in [3.8, 4) is 0 Å². The van der Waals surface area contributed by atoms with Gasteiger partial charge in [-0.25, -0.2) is 0 Å². The van der Waals surface area contributed by atoms with E-state index >= 15 is 0 Å². The Balaban J connectivity index is 3.39. The fraction of sp³-hybridized carbons (Fsp3) is 0.600. The fourth-order valence-electron chi connectivity index (χ4n) is 0.433. The molecule has 0 bridgehead atoms. The molecule has 0 heterocycles. The van der Waals surface area contributed by atoms with Gasteiger partial charge in [-0.05, 0) is 6.92 Å². The van der Waals surface area contributed by atoms with Crippen molar-refractivity contribution in [3.05, 3.63) is 0 Å². The van der Waals surface area contributed by atoms with Gasteiger partial charge in [0.25, 0.3) is 0 Å². The van der Waals surface area contributed by atoms with Gasteiger partial charge in [0.05, 0.1) is 12.3 Å². The highest BCUT2D eigenvalue weighted by atomic mass is 16.1. The second-order valence-electron chi connectivity index (χ2n) is 1.66. The van der Waals surface area contributed by atoms with Crippen molar-refractivity contribution in [2.45, 2.75) is 13.3 Å². The lowest BCUT2D eigenvalue weighted by molar-refractivity contribution is -0.119. The molecule has 0 aromatic heterocycles. The minimum Gasteiger partial charge on any atom is -0.387 e. The Hall–Kier alpha value is -1.06. The van der Waals surface area contributed by atoms with Gasteiger partial charge in [-0.2, -0.15) is 0 Å². The molecule has 0 unspecified atom stereocenters. The molecule has 1 amide bonds. The molecule has 0 aliphatic rings. The van der Waals surface area contributed by atoms with Crippen molar-refractivity contribution < 1.29 is 4.79 Å². The Morgan fingerprint density at radius 1 is 1.78 bits per heavy atom. The van der Waals surface area contributed by atoms with Crippen LogP contribution >= 0.6 is 0 Å². The average molecular weight is 129 g/mol. The third-order valence-corrected chi connectivity index (χ3v) is 0.725. The van der Waals surface area contributed by atoms with Crippen LogP contribution in [0.5, 0.6) is 0 Å². The predicted octanol–water partition coefficient (Wildman–Crippen LogP) is -0.551. The van der Waals surface area contributed by atoms with Gasteiger partial charge in [0.15, 0.2) is 0 Å².